The van der Waals surface area contributed by atoms with Crippen LogP contribution in [0.25, 0.3) is 0 Å². The van der Waals surface area contributed by atoms with Gasteiger partial charge in [0.2, 0.25) is 0 Å². The number of pyridine rings is 1. The molecule has 1 N–H and O–H groups in total. The van der Waals surface area contributed by atoms with E-state index in [1.165, 1.54) is 0 Å². The zero-order chi connectivity index (χ0) is 15.2. The molecule has 1 fully saturated rings. The van der Waals surface area contributed by atoms with E-state index < -0.39 is 0 Å². The van der Waals surface area contributed by atoms with Gasteiger partial charge in [0.1, 0.15) is 0 Å². The third-order valence-electron chi connectivity index (χ3n) is 4.00. The first kappa shape index (κ1) is 15.5. The zero-order valence-electron chi connectivity index (χ0n) is 12.7. The minimum Gasteiger partial charge on any atom is -0.395 e. The van der Waals surface area contributed by atoms with Crippen molar-refractivity contribution in [1.29, 1.82) is 0 Å². The Labute approximate surface area is 126 Å². The van der Waals surface area contributed by atoms with Crippen LogP contribution >= 0.6 is 0 Å². The van der Waals surface area contributed by atoms with Gasteiger partial charge in [0.05, 0.1) is 17.7 Å². The van der Waals surface area contributed by atoms with Crippen molar-refractivity contribution in [3.8, 4) is 11.8 Å². The highest BCUT2D eigenvalue weighted by Crippen LogP contribution is 2.28. The van der Waals surface area contributed by atoms with Gasteiger partial charge in [-0.05, 0) is 32.3 Å². The normalized spacial score (nSPS) is 21.0. The monoisotopic (exact) mass is 286 g/mol. The van der Waals surface area contributed by atoms with Gasteiger partial charge in [-0.3, -0.25) is 9.78 Å². The molecule has 2 heterocycles. The predicted octanol–water partition coefficient (Wildman–Crippen LogP) is 2.22. The number of hydrogen-bond donors (Lipinski definition) is 1. The molecule has 0 radical (unpaired) electrons. The number of carbonyl (C=O) groups excluding carboxylic acids is 1. The second-order valence-electron chi connectivity index (χ2n) is 5.40. The van der Waals surface area contributed by atoms with Crippen molar-refractivity contribution in [1.82, 2.24) is 9.88 Å². The molecule has 2 rings (SSSR count). The summed E-state index contributed by atoms with van der Waals surface area (Å²) in [5.74, 6) is 5.85. The summed E-state index contributed by atoms with van der Waals surface area (Å²) in [5, 5.41) is 8.80. The van der Waals surface area contributed by atoms with E-state index in [1.54, 1.807) is 18.5 Å². The fraction of sp³-hybridized carbons (Fsp3) is 0.529. The molecule has 0 aliphatic carbocycles. The molecule has 0 saturated carbocycles. The molecule has 1 aliphatic heterocycles. The van der Waals surface area contributed by atoms with E-state index in [0.717, 1.165) is 19.3 Å². The van der Waals surface area contributed by atoms with E-state index in [2.05, 4.69) is 30.7 Å². The largest absolute Gasteiger partial charge is 0.395 e. The van der Waals surface area contributed by atoms with Crippen LogP contribution in [0.3, 0.4) is 0 Å². The Balaban J connectivity index is 2.29. The van der Waals surface area contributed by atoms with Gasteiger partial charge in [-0.1, -0.05) is 18.8 Å². The summed E-state index contributed by atoms with van der Waals surface area (Å²) in [6, 6.07) is 2.33. The van der Waals surface area contributed by atoms with E-state index in [0.29, 0.717) is 23.6 Å². The number of aliphatic hydroxyl groups is 1. The second-order valence-corrected chi connectivity index (χ2v) is 5.40. The smallest absolute Gasteiger partial charge is 0.255 e. The van der Waals surface area contributed by atoms with E-state index >= 15 is 0 Å². The molecule has 1 saturated heterocycles. The number of nitrogens with zero attached hydrogens (tertiary/aromatic N) is 2. The van der Waals surface area contributed by atoms with Crippen molar-refractivity contribution in [3.05, 3.63) is 29.6 Å². The average molecular weight is 286 g/mol. The van der Waals surface area contributed by atoms with Gasteiger partial charge in [-0.25, -0.2) is 0 Å². The topological polar surface area (TPSA) is 53.4 Å². The summed E-state index contributed by atoms with van der Waals surface area (Å²) in [5.41, 5.74) is 1.26. The van der Waals surface area contributed by atoms with Crippen molar-refractivity contribution in [2.24, 2.45) is 0 Å². The van der Waals surface area contributed by atoms with Gasteiger partial charge >= 0.3 is 0 Å². The standard InChI is InChI=1S/C17H22N2O2/c1-3-15-8-7-13(2)19(15)17(21)16-9-10-18-12-14(16)6-4-5-11-20/h9-10,12-13,15,20H,3,5,7-8,11H2,1-2H3. The molecular weight excluding hydrogens is 264 g/mol. The number of carbonyl (C=O) groups is 1. The Morgan fingerprint density at radius 3 is 3.05 bits per heavy atom. The number of likely N-dealkylation sites (tertiary alicyclic amines) is 1. The molecule has 1 aromatic rings. The van der Waals surface area contributed by atoms with Gasteiger partial charge in [0.25, 0.3) is 5.91 Å². The minimum absolute atomic E-state index is 0.0254. The third kappa shape index (κ3) is 3.43. The van der Waals surface area contributed by atoms with Crippen molar-refractivity contribution in [2.45, 2.75) is 51.6 Å². The maximum Gasteiger partial charge on any atom is 0.255 e. The fourth-order valence-corrected chi connectivity index (χ4v) is 2.87. The summed E-state index contributed by atoms with van der Waals surface area (Å²) < 4.78 is 0. The molecule has 1 aromatic heterocycles. The predicted molar refractivity (Wildman–Crippen MR) is 81.8 cm³/mol. The summed E-state index contributed by atoms with van der Waals surface area (Å²) in [4.78, 5) is 18.9. The van der Waals surface area contributed by atoms with E-state index in [4.69, 9.17) is 5.11 Å². The first-order valence-corrected chi connectivity index (χ1v) is 7.55. The summed E-state index contributed by atoms with van der Waals surface area (Å²) in [6.07, 6.45) is 6.76. The van der Waals surface area contributed by atoms with Crippen LogP contribution in [-0.4, -0.2) is 39.6 Å². The fourth-order valence-electron chi connectivity index (χ4n) is 2.87. The number of hydrogen-bond acceptors (Lipinski definition) is 3. The number of aromatic nitrogens is 1. The first-order valence-electron chi connectivity index (χ1n) is 7.55. The molecule has 0 aromatic carbocycles. The highest BCUT2D eigenvalue weighted by molar-refractivity contribution is 5.97. The lowest BCUT2D eigenvalue weighted by Gasteiger charge is -2.28. The third-order valence-corrected chi connectivity index (χ3v) is 4.00. The Morgan fingerprint density at radius 2 is 2.33 bits per heavy atom. The van der Waals surface area contributed by atoms with Gasteiger partial charge in [0, 0.05) is 30.9 Å². The van der Waals surface area contributed by atoms with Crippen molar-refractivity contribution in [2.75, 3.05) is 6.61 Å². The molecule has 2 atom stereocenters. The van der Waals surface area contributed by atoms with Crippen LogP contribution in [0.2, 0.25) is 0 Å². The second kappa shape index (κ2) is 7.24. The Morgan fingerprint density at radius 1 is 1.52 bits per heavy atom. The van der Waals surface area contributed by atoms with Crippen molar-refractivity contribution >= 4 is 5.91 Å². The van der Waals surface area contributed by atoms with Gasteiger partial charge in [0.15, 0.2) is 0 Å². The van der Waals surface area contributed by atoms with Crippen LogP contribution in [0.15, 0.2) is 18.5 Å². The summed E-state index contributed by atoms with van der Waals surface area (Å²) in [7, 11) is 0. The first-order chi connectivity index (χ1) is 10.2. The van der Waals surface area contributed by atoms with E-state index in [1.807, 2.05) is 4.90 Å². The van der Waals surface area contributed by atoms with Crippen molar-refractivity contribution in [3.63, 3.8) is 0 Å². The molecule has 112 valence electrons. The molecule has 2 unspecified atom stereocenters. The maximum atomic E-state index is 12.9. The van der Waals surface area contributed by atoms with Gasteiger partial charge in [-0.2, -0.15) is 0 Å². The quantitative estimate of drug-likeness (QED) is 0.867. The highest BCUT2D eigenvalue weighted by atomic mass is 16.2. The van der Waals surface area contributed by atoms with Crippen molar-refractivity contribution < 1.29 is 9.90 Å². The molecular formula is C17H22N2O2. The van der Waals surface area contributed by atoms with Gasteiger partial charge < -0.3 is 10.0 Å². The van der Waals surface area contributed by atoms with Crippen LogP contribution in [0, 0.1) is 11.8 Å². The lowest BCUT2D eigenvalue weighted by Crippen LogP contribution is -2.40. The van der Waals surface area contributed by atoms with Crippen LogP contribution in [0.1, 0.15) is 55.5 Å². The Bertz CT molecular complexity index is 559. The zero-order valence-corrected chi connectivity index (χ0v) is 12.7. The highest BCUT2D eigenvalue weighted by Gasteiger charge is 2.34. The lowest BCUT2D eigenvalue weighted by atomic mass is 10.1. The molecule has 4 nitrogen and oxygen atoms in total. The number of aliphatic hydroxyl groups excluding tert-OH is 1. The number of amides is 1. The molecule has 21 heavy (non-hydrogen) atoms. The summed E-state index contributed by atoms with van der Waals surface area (Å²) in [6.45, 7) is 4.25. The van der Waals surface area contributed by atoms with E-state index in [-0.39, 0.29) is 18.6 Å². The molecule has 0 bridgehead atoms. The number of rotatable bonds is 3. The molecule has 1 aliphatic rings. The van der Waals surface area contributed by atoms with Crippen LogP contribution in [0.4, 0.5) is 0 Å². The van der Waals surface area contributed by atoms with Crippen LogP contribution < -0.4 is 0 Å². The van der Waals surface area contributed by atoms with Crippen LogP contribution in [-0.2, 0) is 0 Å². The Hall–Kier alpha value is -1.86. The van der Waals surface area contributed by atoms with Gasteiger partial charge in [-0.15, -0.1) is 0 Å². The van der Waals surface area contributed by atoms with Crippen LogP contribution in [0.5, 0.6) is 0 Å². The Kier molecular flexibility index (Phi) is 5.35. The SMILES string of the molecule is CCC1CCC(C)N1C(=O)c1ccncc1C#CCCO. The average Bonchev–Trinajstić information content (AvgIpc) is 2.88. The molecule has 1 amide bonds. The lowest BCUT2D eigenvalue weighted by molar-refractivity contribution is 0.0676. The molecule has 4 heteroatoms. The maximum absolute atomic E-state index is 12.9. The summed E-state index contributed by atoms with van der Waals surface area (Å²) >= 11 is 0. The minimum atomic E-state index is 0.0254. The van der Waals surface area contributed by atoms with E-state index in [9.17, 15) is 4.79 Å². The molecule has 0 spiro atoms.